The van der Waals surface area contributed by atoms with Crippen molar-refractivity contribution in [2.24, 2.45) is 0 Å². The van der Waals surface area contributed by atoms with Crippen molar-refractivity contribution in [1.82, 2.24) is 0 Å². The van der Waals surface area contributed by atoms with Crippen molar-refractivity contribution < 1.29 is 28.2 Å². The lowest BCUT2D eigenvalue weighted by molar-refractivity contribution is -0.222. The number of carboxylic acid groups (broad SMARTS) is 1. The predicted octanol–water partition coefficient (Wildman–Crippen LogP) is 3.82. The Balaban J connectivity index is 3.02. The number of hydrogen-bond donors (Lipinski definition) is 1. The van der Waals surface area contributed by atoms with Gasteiger partial charge in [-0.2, -0.15) is 0 Å². The van der Waals surface area contributed by atoms with Gasteiger partial charge in [0.15, 0.2) is 17.4 Å². The fraction of sp³-hybridized carbons (Fsp3) is 0.500. The first kappa shape index (κ1) is 18.0. The molecule has 7 heteroatoms. The Kier molecular flexibility index (Phi) is 6.70. The first-order valence-electron chi connectivity index (χ1n) is 6.33. The summed E-state index contributed by atoms with van der Waals surface area (Å²) >= 11 is 3.10. The Hall–Kier alpha value is -1.05. The van der Waals surface area contributed by atoms with Gasteiger partial charge in [-0.15, -0.1) is 0 Å². The quantitative estimate of drug-likeness (QED) is 0.431. The first-order chi connectivity index (χ1) is 9.86. The van der Waals surface area contributed by atoms with Crippen LogP contribution in [0.1, 0.15) is 31.2 Å². The Morgan fingerprint density at radius 2 is 1.90 bits per heavy atom. The van der Waals surface area contributed by atoms with Gasteiger partial charge in [-0.25, -0.2) is 8.78 Å². The van der Waals surface area contributed by atoms with Crippen molar-refractivity contribution in [3.05, 3.63) is 33.8 Å². The van der Waals surface area contributed by atoms with Gasteiger partial charge in [0.1, 0.15) is 0 Å². The molecule has 0 heterocycles. The number of rotatable bonds is 8. The largest absolute Gasteiger partial charge is 0.481 e. The number of ether oxygens (including phenoxy) is 2. The minimum absolute atomic E-state index is 0.00115. The summed E-state index contributed by atoms with van der Waals surface area (Å²) in [6.45, 7) is 0. The average Bonchev–Trinajstić information content (AvgIpc) is 2.44. The highest BCUT2D eigenvalue weighted by molar-refractivity contribution is 9.10. The lowest BCUT2D eigenvalue weighted by Crippen LogP contribution is -2.32. The van der Waals surface area contributed by atoms with Crippen molar-refractivity contribution in [3.8, 4) is 0 Å². The minimum atomic E-state index is -1.45. The van der Waals surface area contributed by atoms with Gasteiger partial charge < -0.3 is 14.6 Å². The monoisotopic (exact) mass is 366 g/mol. The Labute approximate surface area is 130 Å². The van der Waals surface area contributed by atoms with Crippen molar-refractivity contribution in [2.45, 2.75) is 31.5 Å². The van der Waals surface area contributed by atoms with Crippen LogP contribution in [0.15, 0.2) is 16.6 Å². The molecule has 0 aromatic heterocycles. The molecule has 0 aliphatic rings. The third-order valence-electron chi connectivity index (χ3n) is 3.21. The van der Waals surface area contributed by atoms with Crippen LogP contribution in [0, 0.1) is 11.6 Å². The van der Waals surface area contributed by atoms with Gasteiger partial charge in [0.05, 0.1) is 5.56 Å². The van der Waals surface area contributed by atoms with E-state index in [0.29, 0.717) is 17.3 Å². The molecule has 0 saturated heterocycles. The van der Waals surface area contributed by atoms with E-state index in [4.69, 9.17) is 14.6 Å². The van der Waals surface area contributed by atoms with E-state index in [9.17, 15) is 13.6 Å². The Bertz CT molecular complexity index is 504. The zero-order chi connectivity index (χ0) is 16.0. The van der Waals surface area contributed by atoms with Gasteiger partial charge in [-0.3, -0.25) is 4.79 Å². The number of halogens is 3. The second kappa shape index (κ2) is 7.82. The van der Waals surface area contributed by atoms with Crippen molar-refractivity contribution >= 4 is 21.9 Å². The van der Waals surface area contributed by atoms with E-state index < -0.39 is 23.4 Å². The Morgan fingerprint density at radius 1 is 1.29 bits per heavy atom. The van der Waals surface area contributed by atoms with Crippen LogP contribution >= 0.6 is 15.9 Å². The number of hydrogen-bond acceptors (Lipinski definition) is 3. The average molecular weight is 367 g/mol. The topological polar surface area (TPSA) is 55.8 Å². The summed E-state index contributed by atoms with van der Waals surface area (Å²) in [6, 6.07) is 2.40. The molecule has 4 nitrogen and oxygen atoms in total. The van der Waals surface area contributed by atoms with Crippen LogP contribution in [0.3, 0.4) is 0 Å². The summed E-state index contributed by atoms with van der Waals surface area (Å²) in [5.74, 6) is -4.41. The molecule has 1 aromatic rings. The summed E-state index contributed by atoms with van der Waals surface area (Å²) in [6.07, 6.45) is 1.03. The maximum Gasteiger partial charge on any atom is 0.303 e. The molecule has 0 unspecified atom stereocenters. The molecule has 118 valence electrons. The SMILES string of the molecule is COC(CCCCC(=O)O)(OC)c1cc(Br)cc(F)c1F. The van der Waals surface area contributed by atoms with E-state index in [-0.39, 0.29) is 18.4 Å². The number of carbonyl (C=O) groups is 1. The summed E-state index contributed by atoms with van der Waals surface area (Å²) in [4.78, 5) is 10.5. The lowest BCUT2D eigenvalue weighted by atomic mass is 9.98. The van der Waals surface area contributed by atoms with Crippen LogP contribution < -0.4 is 0 Å². The van der Waals surface area contributed by atoms with Crippen LogP contribution in [0.4, 0.5) is 8.78 Å². The highest BCUT2D eigenvalue weighted by Crippen LogP contribution is 2.36. The molecule has 0 fully saturated rings. The van der Waals surface area contributed by atoms with Gasteiger partial charge in [-0.05, 0) is 25.0 Å². The van der Waals surface area contributed by atoms with Crippen LogP contribution in [-0.4, -0.2) is 25.3 Å². The molecule has 0 atom stereocenters. The molecule has 1 rings (SSSR count). The molecular weight excluding hydrogens is 350 g/mol. The zero-order valence-corrected chi connectivity index (χ0v) is 13.4. The van der Waals surface area contributed by atoms with Crippen molar-refractivity contribution in [2.75, 3.05) is 14.2 Å². The summed E-state index contributed by atoms with van der Waals surface area (Å²) in [7, 11) is 2.66. The number of methoxy groups -OCH3 is 2. The normalized spacial score (nSPS) is 11.7. The second-order valence-electron chi connectivity index (χ2n) is 4.51. The number of aliphatic carboxylic acids is 1. The van der Waals surface area contributed by atoms with E-state index in [1.165, 1.54) is 20.3 Å². The van der Waals surface area contributed by atoms with Gasteiger partial charge in [-0.1, -0.05) is 15.9 Å². The number of carboxylic acids is 1. The van der Waals surface area contributed by atoms with E-state index in [1.807, 2.05) is 0 Å². The van der Waals surface area contributed by atoms with Crippen LogP contribution in [0.5, 0.6) is 0 Å². The molecule has 0 aliphatic heterocycles. The lowest BCUT2D eigenvalue weighted by Gasteiger charge is -2.32. The number of benzene rings is 1. The zero-order valence-electron chi connectivity index (χ0n) is 11.8. The van der Waals surface area contributed by atoms with Crippen LogP contribution in [0.25, 0.3) is 0 Å². The third kappa shape index (κ3) is 4.46. The smallest absolute Gasteiger partial charge is 0.303 e. The predicted molar refractivity (Wildman–Crippen MR) is 75.9 cm³/mol. The van der Waals surface area contributed by atoms with E-state index >= 15 is 0 Å². The summed E-state index contributed by atoms with van der Waals surface area (Å²) in [5, 5.41) is 8.61. The van der Waals surface area contributed by atoms with Gasteiger partial charge >= 0.3 is 5.97 Å². The summed E-state index contributed by atoms with van der Waals surface area (Å²) < 4.78 is 38.5. The molecule has 0 amide bonds. The fourth-order valence-electron chi connectivity index (χ4n) is 2.11. The minimum Gasteiger partial charge on any atom is -0.481 e. The number of unbranched alkanes of at least 4 members (excludes halogenated alkanes) is 1. The summed E-state index contributed by atoms with van der Waals surface area (Å²) in [5.41, 5.74) is -0.0605. The molecule has 1 aromatic carbocycles. The molecule has 0 saturated carbocycles. The molecule has 0 spiro atoms. The first-order valence-corrected chi connectivity index (χ1v) is 7.12. The van der Waals surface area contributed by atoms with E-state index in [0.717, 1.165) is 6.07 Å². The third-order valence-corrected chi connectivity index (χ3v) is 3.67. The van der Waals surface area contributed by atoms with Gasteiger partial charge in [0, 0.05) is 31.5 Å². The molecule has 0 radical (unpaired) electrons. The second-order valence-corrected chi connectivity index (χ2v) is 5.43. The van der Waals surface area contributed by atoms with Crippen LogP contribution in [-0.2, 0) is 20.1 Å². The van der Waals surface area contributed by atoms with E-state index in [1.54, 1.807) is 0 Å². The maximum absolute atomic E-state index is 14.0. The molecule has 0 aliphatic carbocycles. The standard InChI is InChI=1S/C14H17BrF2O4/c1-20-14(21-2,6-4-3-5-12(18)19)10-7-9(15)8-11(16)13(10)17/h7-8H,3-6H2,1-2H3,(H,18,19). The highest BCUT2D eigenvalue weighted by Gasteiger charge is 2.36. The Morgan fingerprint density at radius 3 is 2.43 bits per heavy atom. The van der Waals surface area contributed by atoms with Crippen LogP contribution in [0.2, 0.25) is 0 Å². The van der Waals surface area contributed by atoms with Gasteiger partial charge in [0.2, 0.25) is 0 Å². The highest BCUT2D eigenvalue weighted by atomic mass is 79.9. The fourth-order valence-corrected chi connectivity index (χ4v) is 2.54. The van der Waals surface area contributed by atoms with E-state index in [2.05, 4.69) is 15.9 Å². The molecule has 1 N–H and O–H groups in total. The molecule has 0 bridgehead atoms. The molecule has 21 heavy (non-hydrogen) atoms. The van der Waals surface area contributed by atoms with Gasteiger partial charge in [0.25, 0.3) is 0 Å². The maximum atomic E-state index is 14.0. The molecular formula is C14H17BrF2O4. The van der Waals surface area contributed by atoms with Crippen molar-refractivity contribution in [3.63, 3.8) is 0 Å². The van der Waals surface area contributed by atoms with Crippen molar-refractivity contribution in [1.29, 1.82) is 0 Å².